The van der Waals surface area contributed by atoms with Crippen molar-refractivity contribution in [1.82, 2.24) is 19.5 Å². The van der Waals surface area contributed by atoms with E-state index in [0.29, 0.717) is 45.1 Å². The molecule has 2 aliphatic rings. The third-order valence-electron chi connectivity index (χ3n) is 4.57. The zero-order chi connectivity index (χ0) is 23.3. The SMILES string of the molecule is [2H]C([2H])([2H])C(O)(c1nc2c(N3CCOCC3)nc(Cl)nc2n1C1CCCCO1)C([2H])([2H])[2H]. The quantitative estimate of drug-likeness (QED) is 0.808. The average molecular weight is 388 g/mol. The van der Waals surface area contributed by atoms with Gasteiger partial charge in [-0.3, -0.25) is 4.57 Å². The summed E-state index contributed by atoms with van der Waals surface area (Å²) in [5.74, 6) is -0.247. The van der Waals surface area contributed by atoms with Gasteiger partial charge in [0.2, 0.25) is 5.28 Å². The Labute approximate surface area is 165 Å². The van der Waals surface area contributed by atoms with E-state index in [-0.39, 0.29) is 16.4 Å². The van der Waals surface area contributed by atoms with Gasteiger partial charge in [0, 0.05) is 27.9 Å². The summed E-state index contributed by atoms with van der Waals surface area (Å²) in [7, 11) is 0. The van der Waals surface area contributed by atoms with E-state index in [1.165, 1.54) is 4.57 Å². The van der Waals surface area contributed by atoms with E-state index in [0.717, 1.165) is 12.8 Å². The number of rotatable bonds is 3. The number of hydrogen-bond donors (Lipinski definition) is 1. The Morgan fingerprint density at radius 2 is 2.00 bits per heavy atom. The smallest absolute Gasteiger partial charge is 0.226 e. The zero-order valence-electron chi connectivity index (χ0n) is 20.1. The molecule has 0 bridgehead atoms. The first kappa shape index (κ1) is 12.1. The zero-order valence-corrected chi connectivity index (χ0v) is 14.9. The largest absolute Gasteiger partial charge is 0.383 e. The number of ether oxygens (including phenoxy) is 2. The Morgan fingerprint density at radius 3 is 2.69 bits per heavy atom. The molecule has 9 heteroatoms. The van der Waals surface area contributed by atoms with Crippen molar-refractivity contribution in [3.05, 3.63) is 11.1 Å². The van der Waals surface area contributed by atoms with E-state index in [1.807, 2.05) is 4.90 Å². The molecule has 2 fully saturated rings. The number of aromatic nitrogens is 4. The van der Waals surface area contributed by atoms with Crippen molar-refractivity contribution in [1.29, 1.82) is 0 Å². The molecule has 1 N–H and O–H groups in total. The molecule has 0 spiro atoms. The molecular weight excluding hydrogens is 358 g/mol. The summed E-state index contributed by atoms with van der Waals surface area (Å²) in [5.41, 5.74) is -3.01. The van der Waals surface area contributed by atoms with Crippen molar-refractivity contribution in [2.45, 2.75) is 44.8 Å². The van der Waals surface area contributed by atoms with Crippen molar-refractivity contribution >= 4 is 28.6 Å². The maximum atomic E-state index is 11.3. The minimum Gasteiger partial charge on any atom is -0.383 e. The molecular formula is C17H24ClN5O3. The van der Waals surface area contributed by atoms with E-state index in [2.05, 4.69) is 15.0 Å². The van der Waals surface area contributed by atoms with E-state index in [1.54, 1.807) is 0 Å². The van der Waals surface area contributed by atoms with Crippen LogP contribution < -0.4 is 4.90 Å². The third kappa shape index (κ3) is 3.26. The van der Waals surface area contributed by atoms with Gasteiger partial charge in [0.05, 0.1) is 13.2 Å². The fourth-order valence-corrected chi connectivity index (χ4v) is 3.54. The van der Waals surface area contributed by atoms with Gasteiger partial charge in [-0.2, -0.15) is 9.97 Å². The molecule has 2 aromatic rings. The summed E-state index contributed by atoms with van der Waals surface area (Å²) in [5, 5.41) is 11.1. The van der Waals surface area contributed by atoms with Gasteiger partial charge in [0.15, 0.2) is 17.0 Å². The lowest BCUT2D eigenvalue weighted by molar-refractivity contribution is -0.0405. The van der Waals surface area contributed by atoms with Crippen LogP contribution in [0.3, 0.4) is 0 Å². The molecule has 4 rings (SSSR count). The lowest BCUT2D eigenvalue weighted by Gasteiger charge is -2.29. The van der Waals surface area contributed by atoms with Crippen molar-refractivity contribution < 1.29 is 22.8 Å². The van der Waals surface area contributed by atoms with Gasteiger partial charge < -0.3 is 19.5 Å². The molecule has 1 atom stereocenters. The minimum absolute atomic E-state index is 0.111. The highest BCUT2D eigenvalue weighted by Crippen LogP contribution is 2.35. The first-order valence-electron chi connectivity index (χ1n) is 11.6. The minimum atomic E-state index is -3.32. The number of nitrogens with zero attached hydrogens (tertiary/aromatic N) is 5. The van der Waals surface area contributed by atoms with Gasteiger partial charge >= 0.3 is 0 Å². The lowest BCUT2D eigenvalue weighted by Crippen LogP contribution is -2.37. The van der Waals surface area contributed by atoms with Crippen LogP contribution in [0.5, 0.6) is 0 Å². The van der Waals surface area contributed by atoms with Crippen LogP contribution in [0.1, 0.15) is 53.2 Å². The van der Waals surface area contributed by atoms with Crippen LogP contribution in [0.25, 0.3) is 11.2 Å². The Hall–Kier alpha value is -1.48. The summed E-state index contributed by atoms with van der Waals surface area (Å²) < 4.78 is 59.8. The number of imidazole rings is 1. The predicted octanol–water partition coefficient (Wildman–Crippen LogP) is 2.24. The lowest BCUT2D eigenvalue weighted by atomic mass is 10.1. The van der Waals surface area contributed by atoms with E-state index in [4.69, 9.17) is 29.3 Å². The average Bonchev–Trinajstić information content (AvgIpc) is 3.11. The first-order valence-corrected chi connectivity index (χ1v) is 8.95. The summed E-state index contributed by atoms with van der Waals surface area (Å²) in [4.78, 5) is 14.7. The summed E-state index contributed by atoms with van der Waals surface area (Å²) in [6.45, 7) is -4.40. The van der Waals surface area contributed by atoms with Gasteiger partial charge in [0.1, 0.15) is 17.7 Å². The van der Waals surface area contributed by atoms with Gasteiger partial charge in [-0.1, -0.05) is 0 Å². The molecule has 0 saturated carbocycles. The Bertz CT molecular complexity index is 972. The summed E-state index contributed by atoms with van der Waals surface area (Å²) in [6.07, 6.45) is 1.27. The van der Waals surface area contributed by atoms with E-state index in [9.17, 15) is 5.11 Å². The fraction of sp³-hybridized carbons (Fsp3) is 0.706. The molecule has 0 amide bonds. The Balaban J connectivity index is 2.03. The number of halogens is 1. The fourth-order valence-electron chi connectivity index (χ4n) is 3.38. The maximum absolute atomic E-state index is 11.3. The molecule has 0 aliphatic carbocycles. The van der Waals surface area contributed by atoms with Crippen LogP contribution in [-0.4, -0.2) is 57.5 Å². The van der Waals surface area contributed by atoms with Crippen molar-refractivity contribution in [3.8, 4) is 0 Å². The van der Waals surface area contributed by atoms with Gasteiger partial charge in [-0.05, 0) is 44.6 Å². The van der Waals surface area contributed by atoms with Crippen molar-refractivity contribution in [3.63, 3.8) is 0 Å². The summed E-state index contributed by atoms with van der Waals surface area (Å²) in [6, 6.07) is 0. The van der Waals surface area contributed by atoms with Gasteiger partial charge in [0.25, 0.3) is 0 Å². The van der Waals surface area contributed by atoms with Crippen LogP contribution in [-0.2, 0) is 15.1 Å². The normalized spacial score (nSPS) is 26.5. The monoisotopic (exact) mass is 387 g/mol. The summed E-state index contributed by atoms with van der Waals surface area (Å²) >= 11 is 6.21. The van der Waals surface area contributed by atoms with Crippen LogP contribution in [0.2, 0.25) is 5.28 Å². The molecule has 26 heavy (non-hydrogen) atoms. The van der Waals surface area contributed by atoms with Crippen LogP contribution in [0.4, 0.5) is 5.82 Å². The first-order chi connectivity index (χ1) is 14.9. The molecule has 0 aromatic carbocycles. The van der Waals surface area contributed by atoms with Crippen LogP contribution in [0.15, 0.2) is 0 Å². The van der Waals surface area contributed by atoms with E-state index >= 15 is 0 Å². The molecule has 2 saturated heterocycles. The van der Waals surface area contributed by atoms with Gasteiger partial charge in [-0.15, -0.1) is 0 Å². The molecule has 8 nitrogen and oxygen atoms in total. The highest BCUT2D eigenvalue weighted by Gasteiger charge is 2.33. The maximum Gasteiger partial charge on any atom is 0.226 e. The van der Waals surface area contributed by atoms with Crippen molar-refractivity contribution in [2.24, 2.45) is 0 Å². The molecule has 0 radical (unpaired) electrons. The Morgan fingerprint density at radius 1 is 1.19 bits per heavy atom. The number of morpholine rings is 1. The number of hydrogen-bond acceptors (Lipinski definition) is 7. The predicted molar refractivity (Wildman–Crippen MR) is 97.4 cm³/mol. The molecule has 142 valence electrons. The standard InChI is InChI=1S/C17H24ClN5O3/c1-17(2,24)15-19-12-13(22-6-9-25-10-7-22)20-16(18)21-14(12)23(15)11-5-3-4-8-26-11/h11,24H,3-10H2,1-2H3/i1D3,2D3. The molecule has 1 unspecified atom stereocenters. The number of anilines is 1. The number of aliphatic hydroxyl groups is 1. The van der Waals surface area contributed by atoms with Crippen molar-refractivity contribution in [2.75, 3.05) is 37.8 Å². The molecule has 2 aromatic heterocycles. The third-order valence-corrected chi connectivity index (χ3v) is 4.74. The highest BCUT2D eigenvalue weighted by molar-refractivity contribution is 6.28. The van der Waals surface area contributed by atoms with Crippen LogP contribution >= 0.6 is 11.6 Å². The molecule has 4 heterocycles. The molecule has 2 aliphatic heterocycles. The second-order valence-electron chi connectivity index (χ2n) is 6.42. The van der Waals surface area contributed by atoms with Gasteiger partial charge in [-0.25, -0.2) is 4.98 Å². The Kier molecular flexibility index (Phi) is 3.21. The topological polar surface area (TPSA) is 85.5 Å². The highest BCUT2D eigenvalue weighted by atomic mass is 35.5. The number of fused-ring (bicyclic) bond motifs is 1. The van der Waals surface area contributed by atoms with E-state index < -0.39 is 31.4 Å². The second-order valence-corrected chi connectivity index (χ2v) is 6.76. The van der Waals surface area contributed by atoms with Crippen LogP contribution in [0, 0.1) is 0 Å². The second kappa shape index (κ2) is 6.92.